The Labute approximate surface area is 49.0 Å². The van der Waals surface area contributed by atoms with Crippen molar-refractivity contribution in [2.75, 3.05) is 18.1 Å². The Hall–Kier alpha value is -0.0900. The molecule has 0 aromatic heterocycles. The molecule has 0 aliphatic carbocycles. The van der Waals surface area contributed by atoms with Crippen LogP contribution in [0.5, 0.6) is 0 Å². The van der Waals surface area contributed by atoms with Gasteiger partial charge in [0.15, 0.2) is 9.84 Å². The van der Waals surface area contributed by atoms with Crippen LogP contribution in [0.15, 0.2) is 0 Å². The van der Waals surface area contributed by atoms with Gasteiger partial charge >= 0.3 is 0 Å². The van der Waals surface area contributed by atoms with Crippen molar-refractivity contribution in [1.82, 2.24) is 5.32 Å². The number of nitrogens with one attached hydrogen (secondary N) is 1. The molecule has 0 amide bonds. The largest absolute Gasteiger partial charge is 0.310 e. The Morgan fingerprint density at radius 2 is 2.25 bits per heavy atom. The van der Waals surface area contributed by atoms with Gasteiger partial charge in [-0.15, -0.1) is 0 Å². The first-order valence-corrected chi connectivity index (χ1v) is 4.28. The van der Waals surface area contributed by atoms with Gasteiger partial charge in [-0.3, -0.25) is 0 Å². The van der Waals surface area contributed by atoms with Crippen LogP contribution in [0.3, 0.4) is 0 Å². The summed E-state index contributed by atoms with van der Waals surface area (Å²) in [6.45, 7) is 2.15. The Morgan fingerprint density at radius 1 is 1.50 bits per heavy atom. The van der Waals surface area contributed by atoms with Gasteiger partial charge in [-0.1, -0.05) is 0 Å². The van der Waals surface area contributed by atoms with E-state index in [0.29, 0.717) is 6.54 Å². The highest BCUT2D eigenvalue weighted by Gasteiger charge is 2.13. The van der Waals surface area contributed by atoms with Crippen LogP contribution in [0.1, 0.15) is 0 Å². The summed E-state index contributed by atoms with van der Waals surface area (Å²) >= 11 is 0. The topological polar surface area (TPSA) is 46.2 Å². The second kappa shape index (κ2) is 2.03. The fraction of sp³-hybridized carbons (Fsp3) is 0.750. The van der Waals surface area contributed by atoms with E-state index in [-0.39, 0.29) is 11.5 Å². The number of hydrogen-bond donors (Lipinski definition) is 1. The summed E-state index contributed by atoms with van der Waals surface area (Å²) in [5, 5.41) is 2.84. The predicted octanol–water partition coefficient (Wildman–Crippen LogP) is -0.834. The zero-order chi connectivity index (χ0) is 6.04. The van der Waals surface area contributed by atoms with E-state index in [1.807, 2.05) is 0 Å². The third-order valence-electron chi connectivity index (χ3n) is 1.04. The van der Waals surface area contributed by atoms with Crippen LogP contribution in [0, 0.1) is 6.54 Å². The minimum Gasteiger partial charge on any atom is -0.310 e. The van der Waals surface area contributed by atoms with Gasteiger partial charge in [0.1, 0.15) is 0 Å². The van der Waals surface area contributed by atoms with Crippen LogP contribution >= 0.6 is 0 Å². The fourth-order valence-electron chi connectivity index (χ4n) is 0.586. The molecule has 0 saturated carbocycles. The van der Waals surface area contributed by atoms with Crippen molar-refractivity contribution < 1.29 is 8.42 Å². The van der Waals surface area contributed by atoms with Crippen LogP contribution in [-0.2, 0) is 9.84 Å². The van der Waals surface area contributed by atoms with Crippen molar-refractivity contribution in [3.8, 4) is 0 Å². The maximum absolute atomic E-state index is 10.6. The first kappa shape index (κ1) is 6.04. The molecule has 1 saturated heterocycles. The molecule has 0 aromatic carbocycles. The number of rotatable bonds is 0. The lowest BCUT2D eigenvalue weighted by Crippen LogP contribution is -2.31. The van der Waals surface area contributed by atoms with Gasteiger partial charge in [0.05, 0.1) is 11.5 Å². The molecule has 1 rings (SSSR count). The molecular weight excluding hydrogens is 126 g/mol. The lowest BCUT2D eigenvalue weighted by molar-refractivity contribution is 0.587. The van der Waals surface area contributed by atoms with E-state index in [2.05, 4.69) is 5.32 Å². The molecule has 3 nitrogen and oxygen atoms in total. The van der Waals surface area contributed by atoms with Crippen molar-refractivity contribution >= 4 is 9.84 Å². The molecule has 1 aliphatic rings. The smallest absolute Gasteiger partial charge is 0.153 e. The molecule has 1 radical (unpaired) electrons. The van der Waals surface area contributed by atoms with Gasteiger partial charge < -0.3 is 5.32 Å². The van der Waals surface area contributed by atoms with Gasteiger partial charge in [0.25, 0.3) is 0 Å². The fourth-order valence-corrected chi connectivity index (χ4v) is 1.55. The summed E-state index contributed by atoms with van der Waals surface area (Å²) in [4.78, 5) is 0. The SMILES string of the molecule is O=S1(=O)C[CH]NCC1. The Morgan fingerprint density at radius 3 is 2.50 bits per heavy atom. The lowest BCUT2D eigenvalue weighted by atomic mass is 10.6. The first-order valence-electron chi connectivity index (χ1n) is 2.46. The zero-order valence-corrected chi connectivity index (χ0v) is 5.24. The quantitative estimate of drug-likeness (QED) is 0.470. The van der Waals surface area contributed by atoms with Crippen LogP contribution in [0.4, 0.5) is 0 Å². The van der Waals surface area contributed by atoms with Gasteiger partial charge in [0, 0.05) is 13.1 Å². The zero-order valence-electron chi connectivity index (χ0n) is 4.42. The third-order valence-corrected chi connectivity index (χ3v) is 2.54. The van der Waals surface area contributed by atoms with Crippen molar-refractivity contribution in [2.45, 2.75) is 0 Å². The summed E-state index contributed by atoms with van der Waals surface area (Å²) in [5.41, 5.74) is 0. The third kappa shape index (κ3) is 1.45. The summed E-state index contributed by atoms with van der Waals surface area (Å²) in [5.74, 6) is 0.469. The molecule has 8 heavy (non-hydrogen) atoms. The van der Waals surface area contributed by atoms with E-state index >= 15 is 0 Å². The Bertz CT molecular complexity index is 149. The molecule has 0 bridgehead atoms. The van der Waals surface area contributed by atoms with Gasteiger partial charge in [0.2, 0.25) is 0 Å². The van der Waals surface area contributed by atoms with Crippen molar-refractivity contribution in [3.63, 3.8) is 0 Å². The Kier molecular flexibility index (Phi) is 1.53. The average Bonchev–Trinajstić information content (AvgIpc) is 1.65. The molecule has 1 fully saturated rings. The second-order valence-corrected chi connectivity index (χ2v) is 4.00. The highest BCUT2D eigenvalue weighted by Crippen LogP contribution is 1.94. The minimum atomic E-state index is -2.70. The highest BCUT2D eigenvalue weighted by atomic mass is 32.2. The van der Waals surface area contributed by atoms with Crippen LogP contribution in [0.25, 0.3) is 0 Å². The molecule has 1 heterocycles. The standard InChI is InChI=1S/C4H8NO2S/c6-8(7)3-1-5-2-4-8/h1,5H,2-4H2. The van der Waals surface area contributed by atoms with Gasteiger partial charge in [-0.2, -0.15) is 0 Å². The number of sulfone groups is 1. The molecule has 1 N–H and O–H groups in total. The molecule has 0 atom stereocenters. The van der Waals surface area contributed by atoms with Gasteiger partial charge in [-0.05, 0) is 0 Å². The molecule has 1 aliphatic heterocycles. The van der Waals surface area contributed by atoms with E-state index in [1.165, 1.54) is 0 Å². The molecule has 4 heteroatoms. The summed E-state index contributed by atoms with van der Waals surface area (Å²) in [7, 11) is -2.70. The van der Waals surface area contributed by atoms with Crippen LogP contribution < -0.4 is 5.32 Å². The monoisotopic (exact) mass is 134 g/mol. The van der Waals surface area contributed by atoms with Crippen molar-refractivity contribution in [2.24, 2.45) is 0 Å². The van der Waals surface area contributed by atoms with Crippen molar-refractivity contribution in [3.05, 3.63) is 6.54 Å². The van der Waals surface area contributed by atoms with Crippen molar-refractivity contribution in [1.29, 1.82) is 0 Å². The van der Waals surface area contributed by atoms with Gasteiger partial charge in [-0.25, -0.2) is 8.42 Å². The summed E-state index contributed by atoms with van der Waals surface area (Å²) in [6.07, 6.45) is 0. The molecular formula is C4H8NO2S. The van der Waals surface area contributed by atoms with E-state index in [9.17, 15) is 8.42 Å². The predicted molar refractivity (Wildman–Crippen MR) is 31.0 cm³/mol. The maximum atomic E-state index is 10.6. The highest BCUT2D eigenvalue weighted by molar-refractivity contribution is 7.91. The second-order valence-electron chi connectivity index (χ2n) is 1.77. The molecule has 47 valence electrons. The Balaban J connectivity index is 2.58. The normalized spacial score (nSPS) is 27.5. The minimum absolute atomic E-state index is 0.188. The average molecular weight is 134 g/mol. The van der Waals surface area contributed by atoms with E-state index in [0.717, 1.165) is 0 Å². The van der Waals surface area contributed by atoms with E-state index in [1.54, 1.807) is 6.54 Å². The molecule has 0 unspecified atom stereocenters. The summed E-state index contributed by atoms with van der Waals surface area (Å²) < 4.78 is 21.2. The van der Waals surface area contributed by atoms with E-state index in [4.69, 9.17) is 0 Å². The lowest BCUT2D eigenvalue weighted by Gasteiger charge is -2.10. The molecule has 0 aromatic rings. The summed E-state index contributed by atoms with van der Waals surface area (Å²) in [6, 6.07) is 0. The number of hydrogen-bond acceptors (Lipinski definition) is 3. The first-order chi connectivity index (χ1) is 3.71. The van der Waals surface area contributed by atoms with E-state index < -0.39 is 9.84 Å². The maximum Gasteiger partial charge on any atom is 0.153 e. The van der Waals surface area contributed by atoms with Crippen LogP contribution in [-0.4, -0.2) is 26.5 Å². The molecule has 0 spiro atoms. The van der Waals surface area contributed by atoms with Crippen LogP contribution in [0.2, 0.25) is 0 Å².